The molecule has 4 unspecified atom stereocenters. The predicted octanol–water partition coefficient (Wildman–Crippen LogP) is 2.38. The third-order valence-corrected chi connectivity index (χ3v) is 5.50. The van der Waals surface area contributed by atoms with Crippen molar-refractivity contribution in [2.45, 2.75) is 70.9 Å². The second kappa shape index (κ2) is 8.55. The van der Waals surface area contributed by atoms with Crippen molar-refractivity contribution in [3.8, 4) is 0 Å². The zero-order valence-corrected chi connectivity index (χ0v) is 15.3. The van der Waals surface area contributed by atoms with Crippen molar-refractivity contribution in [2.75, 3.05) is 20.6 Å². The Balaban J connectivity index is 1.93. The molecule has 0 saturated heterocycles. The monoisotopic (exact) mass is 322 g/mol. The van der Waals surface area contributed by atoms with Gasteiger partial charge in [0, 0.05) is 26.2 Å². The maximum absolute atomic E-state index is 11.8. The van der Waals surface area contributed by atoms with Crippen LogP contribution in [-0.2, 0) is 4.79 Å². The summed E-state index contributed by atoms with van der Waals surface area (Å²) in [5, 5.41) is 7.03. The Hall–Kier alpha value is -1.26. The minimum Gasteiger partial charge on any atom is -0.354 e. The summed E-state index contributed by atoms with van der Waals surface area (Å²) in [6.45, 7) is 4.51. The number of nitrogens with one attached hydrogen (secondary N) is 2. The highest BCUT2D eigenvalue weighted by atomic mass is 16.2. The highest BCUT2D eigenvalue weighted by Gasteiger charge is 2.34. The highest BCUT2D eigenvalue weighted by Crippen LogP contribution is 2.41. The van der Waals surface area contributed by atoms with Crippen molar-refractivity contribution in [3.63, 3.8) is 0 Å². The fourth-order valence-electron chi connectivity index (χ4n) is 3.78. The first-order chi connectivity index (χ1) is 11.0. The van der Waals surface area contributed by atoms with E-state index >= 15 is 0 Å². The summed E-state index contributed by atoms with van der Waals surface area (Å²) < 4.78 is 0. The van der Waals surface area contributed by atoms with E-state index in [2.05, 4.69) is 29.5 Å². The second-order valence-corrected chi connectivity index (χ2v) is 7.51. The minimum atomic E-state index is 0.0368. The van der Waals surface area contributed by atoms with E-state index in [0.717, 1.165) is 24.2 Å². The Morgan fingerprint density at radius 1 is 1.22 bits per heavy atom. The quantitative estimate of drug-likeness (QED) is 0.603. The van der Waals surface area contributed by atoms with Gasteiger partial charge in [-0.25, -0.2) is 4.99 Å². The molecule has 2 aliphatic rings. The number of fused-ring (bicyclic) bond motifs is 1. The van der Waals surface area contributed by atoms with Crippen LogP contribution >= 0.6 is 0 Å². The van der Waals surface area contributed by atoms with Crippen LogP contribution in [-0.4, -0.2) is 49.5 Å². The number of guanidine groups is 1. The molecule has 0 heterocycles. The van der Waals surface area contributed by atoms with E-state index in [9.17, 15) is 4.79 Å². The third-order valence-electron chi connectivity index (χ3n) is 5.50. The van der Waals surface area contributed by atoms with Gasteiger partial charge in [-0.3, -0.25) is 4.79 Å². The Morgan fingerprint density at radius 3 is 2.65 bits per heavy atom. The minimum absolute atomic E-state index is 0.0368. The number of hydrogen-bond donors (Lipinski definition) is 2. The van der Waals surface area contributed by atoms with E-state index in [-0.39, 0.29) is 12.5 Å². The first kappa shape index (κ1) is 18.1. The van der Waals surface area contributed by atoms with Crippen LogP contribution in [0.25, 0.3) is 0 Å². The summed E-state index contributed by atoms with van der Waals surface area (Å²) in [5.41, 5.74) is 0. The van der Waals surface area contributed by atoms with E-state index in [1.165, 1.54) is 38.5 Å². The van der Waals surface area contributed by atoms with Crippen LogP contribution in [0.3, 0.4) is 0 Å². The largest absolute Gasteiger partial charge is 0.354 e. The number of carbonyl (C=O) groups excluding carboxylic acids is 1. The number of carbonyl (C=O) groups is 1. The summed E-state index contributed by atoms with van der Waals surface area (Å²) in [6, 6.07) is 0.859. The van der Waals surface area contributed by atoms with Crippen LogP contribution in [0, 0.1) is 11.8 Å². The van der Waals surface area contributed by atoms with E-state index in [1.807, 2.05) is 0 Å². The molecule has 4 atom stereocenters. The standard InChI is InChI=1S/C18H34N4O/c1-5-13(2)20-18(19-12-17(23)22(3)4)21-16-10-9-14-7-6-8-15(14)11-16/h13-16H,5-12H2,1-4H3,(H2,19,20,21). The molecular formula is C18H34N4O. The smallest absolute Gasteiger partial charge is 0.243 e. The van der Waals surface area contributed by atoms with Crippen molar-refractivity contribution in [3.05, 3.63) is 0 Å². The van der Waals surface area contributed by atoms with Gasteiger partial charge >= 0.3 is 0 Å². The van der Waals surface area contributed by atoms with Gasteiger partial charge in [0.25, 0.3) is 0 Å². The molecule has 132 valence electrons. The predicted molar refractivity (Wildman–Crippen MR) is 95.5 cm³/mol. The molecule has 5 nitrogen and oxygen atoms in total. The number of likely N-dealkylation sites (N-methyl/N-ethyl adjacent to an activating group) is 1. The summed E-state index contributed by atoms with van der Waals surface area (Å²) >= 11 is 0. The molecule has 0 aromatic carbocycles. The molecule has 1 amide bonds. The summed E-state index contributed by atoms with van der Waals surface area (Å²) in [7, 11) is 3.54. The molecule has 0 bridgehead atoms. The van der Waals surface area contributed by atoms with Crippen LogP contribution in [0.2, 0.25) is 0 Å². The summed E-state index contributed by atoms with van der Waals surface area (Å²) in [4.78, 5) is 17.9. The molecule has 2 N–H and O–H groups in total. The van der Waals surface area contributed by atoms with Crippen molar-refractivity contribution < 1.29 is 4.79 Å². The lowest BCUT2D eigenvalue weighted by molar-refractivity contribution is -0.127. The van der Waals surface area contributed by atoms with Crippen molar-refractivity contribution in [1.82, 2.24) is 15.5 Å². The van der Waals surface area contributed by atoms with Gasteiger partial charge in [0.15, 0.2) is 5.96 Å². The fraction of sp³-hybridized carbons (Fsp3) is 0.889. The fourth-order valence-corrected chi connectivity index (χ4v) is 3.78. The van der Waals surface area contributed by atoms with Gasteiger partial charge < -0.3 is 15.5 Å². The average Bonchev–Trinajstić information content (AvgIpc) is 2.99. The second-order valence-electron chi connectivity index (χ2n) is 7.51. The molecule has 5 heteroatoms. The lowest BCUT2D eigenvalue weighted by Gasteiger charge is -2.33. The van der Waals surface area contributed by atoms with Gasteiger partial charge in [-0.2, -0.15) is 0 Å². The van der Waals surface area contributed by atoms with Gasteiger partial charge in [0.05, 0.1) is 0 Å². The Labute approximate surface area is 141 Å². The maximum atomic E-state index is 11.8. The summed E-state index contributed by atoms with van der Waals surface area (Å²) in [5.74, 6) is 2.70. The molecular weight excluding hydrogens is 288 g/mol. The highest BCUT2D eigenvalue weighted by molar-refractivity contribution is 5.85. The normalized spacial score (nSPS) is 28.9. The van der Waals surface area contributed by atoms with E-state index < -0.39 is 0 Å². The molecule has 2 fully saturated rings. The molecule has 0 spiro atoms. The van der Waals surface area contributed by atoms with Crippen molar-refractivity contribution >= 4 is 11.9 Å². The van der Waals surface area contributed by atoms with Gasteiger partial charge in [-0.05, 0) is 44.4 Å². The summed E-state index contributed by atoms with van der Waals surface area (Å²) in [6.07, 6.45) is 9.10. The molecule has 0 radical (unpaired) electrons. The van der Waals surface area contributed by atoms with Gasteiger partial charge in [-0.1, -0.05) is 26.2 Å². The number of nitrogens with zero attached hydrogens (tertiary/aromatic N) is 2. The van der Waals surface area contributed by atoms with Crippen LogP contribution < -0.4 is 10.6 Å². The molecule has 2 saturated carbocycles. The van der Waals surface area contributed by atoms with Crippen LogP contribution in [0.15, 0.2) is 4.99 Å². The van der Waals surface area contributed by atoms with E-state index in [4.69, 9.17) is 0 Å². The van der Waals surface area contributed by atoms with Crippen LogP contribution in [0.1, 0.15) is 58.8 Å². The number of hydrogen-bond acceptors (Lipinski definition) is 2. The third kappa shape index (κ3) is 5.40. The van der Waals surface area contributed by atoms with Crippen molar-refractivity contribution in [1.29, 1.82) is 0 Å². The van der Waals surface area contributed by atoms with Crippen molar-refractivity contribution in [2.24, 2.45) is 16.8 Å². The number of amides is 1. The van der Waals surface area contributed by atoms with Gasteiger partial charge in [0.2, 0.25) is 5.91 Å². The molecule has 2 rings (SSSR count). The zero-order chi connectivity index (χ0) is 16.8. The molecule has 0 aromatic heterocycles. The SMILES string of the molecule is CCC(C)NC(=NCC(=O)N(C)C)NC1CCC2CCCC2C1. The topological polar surface area (TPSA) is 56.7 Å². The van der Waals surface area contributed by atoms with E-state index in [1.54, 1.807) is 19.0 Å². The average molecular weight is 322 g/mol. The molecule has 0 aliphatic heterocycles. The Bertz CT molecular complexity index is 421. The van der Waals surface area contributed by atoms with Gasteiger partial charge in [-0.15, -0.1) is 0 Å². The Morgan fingerprint density at radius 2 is 1.96 bits per heavy atom. The molecule has 23 heavy (non-hydrogen) atoms. The van der Waals surface area contributed by atoms with Crippen LogP contribution in [0.4, 0.5) is 0 Å². The van der Waals surface area contributed by atoms with Crippen LogP contribution in [0.5, 0.6) is 0 Å². The number of aliphatic imine (C=N–C) groups is 1. The Kier molecular flexibility index (Phi) is 6.72. The number of rotatable bonds is 5. The lowest BCUT2D eigenvalue weighted by atomic mass is 9.79. The molecule has 0 aromatic rings. The zero-order valence-electron chi connectivity index (χ0n) is 15.3. The van der Waals surface area contributed by atoms with Gasteiger partial charge in [0.1, 0.15) is 6.54 Å². The first-order valence-electron chi connectivity index (χ1n) is 9.27. The van der Waals surface area contributed by atoms with E-state index in [0.29, 0.717) is 12.1 Å². The molecule has 2 aliphatic carbocycles. The lowest BCUT2D eigenvalue weighted by Crippen LogP contribution is -2.48. The maximum Gasteiger partial charge on any atom is 0.243 e. The first-order valence-corrected chi connectivity index (χ1v) is 9.27.